The first kappa shape index (κ1) is 13.5. The Kier molecular flexibility index (Phi) is 3.76. The first-order valence-electron chi connectivity index (χ1n) is 7.03. The van der Waals surface area contributed by atoms with E-state index in [-0.39, 0.29) is 5.41 Å². The predicted octanol–water partition coefficient (Wildman–Crippen LogP) is 2.35. The van der Waals surface area contributed by atoms with E-state index >= 15 is 0 Å². The highest BCUT2D eigenvalue weighted by Gasteiger charge is 2.27. The molecule has 0 spiro atoms. The summed E-state index contributed by atoms with van der Waals surface area (Å²) < 4.78 is 1.98. The Morgan fingerprint density at radius 2 is 1.83 bits per heavy atom. The lowest BCUT2D eigenvalue weighted by atomic mass is 9.81. The average molecular weight is 250 g/mol. The normalized spacial score (nSPS) is 25.4. The van der Waals surface area contributed by atoms with Crippen molar-refractivity contribution in [3.05, 3.63) is 11.6 Å². The average Bonchev–Trinajstić information content (AvgIpc) is 2.71. The first-order chi connectivity index (χ1) is 8.41. The van der Waals surface area contributed by atoms with Gasteiger partial charge in [0.2, 0.25) is 0 Å². The Morgan fingerprint density at radius 1 is 1.22 bits per heavy atom. The number of hydrogen-bond donors (Lipinski definition) is 1. The Balaban J connectivity index is 2.12. The van der Waals surface area contributed by atoms with E-state index in [1.165, 1.54) is 25.7 Å². The molecule has 0 amide bonds. The summed E-state index contributed by atoms with van der Waals surface area (Å²) in [6, 6.07) is 0. The van der Waals surface area contributed by atoms with Gasteiger partial charge in [-0.1, -0.05) is 20.8 Å². The second-order valence-electron chi connectivity index (χ2n) is 6.62. The van der Waals surface area contributed by atoms with Crippen LogP contribution in [0.3, 0.4) is 0 Å². The van der Waals surface area contributed by atoms with Crippen molar-refractivity contribution in [3.8, 4) is 0 Å². The summed E-state index contributed by atoms with van der Waals surface area (Å²) in [6.07, 6.45) is 4.88. The molecule has 1 aliphatic carbocycles. The van der Waals surface area contributed by atoms with Crippen LogP contribution in [0.1, 0.15) is 64.0 Å². The fourth-order valence-corrected chi connectivity index (χ4v) is 2.73. The molecule has 1 aromatic heterocycles. The molecule has 0 unspecified atom stereocenters. The molecule has 0 radical (unpaired) electrons. The molecule has 4 heteroatoms. The zero-order valence-corrected chi connectivity index (χ0v) is 12.1. The summed E-state index contributed by atoms with van der Waals surface area (Å²) in [5.74, 6) is 3.41. The molecule has 0 atom stereocenters. The van der Waals surface area contributed by atoms with Crippen molar-refractivity contribution in [1.29, 1.82) is 0 Å². The molecule has 1 aromatic rings. The number of nitrogens with two attached hydrogens (primary N) is 1. The summed E-state index contributed by atoms with van der Waals surface area (Å²) >= 11 is 0. The van der Waals surface area contributed by atoms with Gasteiger partial charge in [-0.05, 0) is 38.1 Å². The standard InChI is InChI=1S/C14H26N4/c1-14(2,3)13-16-12(18(4)17-13)11-7-5-10(9-15)6-8-11/h10-11H,5-9,15H2,1-4H3. The van der Waals surface area contributed by atoms with Crippen LogP contribution in [0.4, 0.5) is 0 Å². The van der Waals surface area contributed by atoms with Crippen LogP contribution in [-0.2, 0) is 12.5 Å². The van der Waals surface area contributed by atoms with Crippen molar-refractivity contribution in [1.82, 2.24) is 14.8 Å². The molecule has 18 heavy (non-hydrogen) atoms. The largest absolute Gasteiger partial charge is 0.330 e. The van der Waals surface area contributed by atoms with Crippen molar-refractivity contribution in [2.45, 2.75) is 57.8 Å². The molecule has 2 N–H and O–H groups in total. The summed E-state index contributed by atoms with van der Waals surface area (Å²) in [5, 5.41) is 4.58. The van der Waals surface area contributed by atoms with Crippen LogP contribution < -0.4 is 5.73 Å². The lowest BCUT2D eigenvalue weighted by Crippen LogP contribution is -2.22. The quantitative estimate of drug-likeness (QED) is 0.876. The van der Waals surface area contributed by atoms with Gasteiger partial charge in [0.15, 0.2) is 5.82 Å². The SMILES string of the molecule is Cn1nc(C(C)(C)C)nc1C1CCC(CN)CC1. The lowest BCUT2D eigenvalue weighted by Gasteiger charge is -2.26. The van der Waals surface area contributed by atoms with E-state index in [0.29, 0.717) is 5.92 Å². The van der Waals surface area contributed by atoms with Gasteiger partial charge in [0, 0.05) is 18.4 Å². The molecule has 102 valence electrons. The molecule has 0 saturated heterocycles. The van der Waals surface area contributed by atoms with Gasteiger partial charge in [0.1, 0.15) is 5.82 Å². The van der Waals surface area contributed by atoms with E-state index in [4.69, 9.17) is 10.7 Å². The summed E-state index contributed by atoms with van der Waals surface area (Å²) in [5.41, 5.74) is 5.78. The Labute approximate surface area is 110 Å². The second-order valence-corrected chi connectivity index (χ2v) is 6.62. The Morgan fingerprint density at radius 3 is 2.28 bits per heavy atom. The maximum atomic E-state index is 5.75. The first-order valence-corrected chi connectivity index (χ1v) is 7.03. The highest BCUT2D eigenvalue weighted by Crippen LogP contribution is 2.35. The topological polar surface area (TPSA) is 56.7 Å². The molecule has 1 aliphatic rings. The van der Waals surface area contributed by atoms with E-state index in [1.54, 1.807) is 0 Å². The van der Waals surface area contributed by atoms with Crippen LogP contribution >= 0.6 is 0 Å². The minimum absolute atomic E-state index is 0.0322. The fourth-order valence-electron chi connectivity index (χ4n) is 2.73. The smallest absolute Gasteiger partial charge is 0.156 e. The molecule has 4 nitrogen and oxygen atoms in total. The van der Waals surface area contributed by atoms with Gasteiger partial charge in [-0.25, -0.2) is 4.98 Å². The van der Waals surface area contributed by atoms with E-state index in [0.717, 1.165) is 24.1 Å². The summed E-state index contributed by atoms with van der Waals surface area (Å²) in [4.78, 5) is 4.78. The minimum Gasteiger partial charge on any atom is -0.330 e. The van der Waals surface area contributed by atoms with Crippen LogP contribution in [-0.4, -0.2) is 21.3 Å². The van der Waals surface area contributed by atoms with Gasteiger partial charge in [-0.3, -0.25) is 4.68 Å². The van der Waals surface area contributed by atoms with Crippen LogP contribution in [0.25, 0.3) is 0 Å². The van der Waals surface area contributed by atoms with Gasteiger partial charge in [-0.15, -0.1) is 0 Å². The van der Waals surface area contributed by atoms with E-state index < -0.39 is 0 Å². The van der Waals surface area contributed by atoms with Gasteiger partial charge >= 0.3 is 0 Å². The Bertz CT molecular complexity index is 394. The molecule has 1 heterocycles. The zero-order chi connectivity index (χ0) is 13.3. The number of nitrogens with zero attached hydrogens (tertiary/aromatic N) is 3. The van der Waals surface area contributed by atoms with Crippen LogP contribution in [0.15, 0.2) is 0 Å². The van der Waals surface area contributed by atoms with Gasteiger partial charge in [-0.2, -0.15) is 5.10 Å². The maximum Gasteiger partial charge on any atom is 0.156 e. The molecule has 2 rings (SSSR count). The van der Waals surface area contributed by atoms with Crippen molar-refractivity contribution < 1.29 is 0 Å². The van der Waals surface area contributed by atoms with E-state index in [2.05, 4.69) is 25.9 Å². The highest BCUT2D eigenvalue weighted by molar-refractivity contribution is 5.07. The second kappa shape index (κ2) is 5.00. The third kappa shape index (κ3) is 2.74. The fraction of sp³-hybridized carbons (Fsp3) is 0.857. The number of hydrogen-bond acceptors (Lipinski definition) is 3. The third-order valence-corrected chi connectivity index (χ3v) is 4.01. The van der Waals surface area contributed by atoms with Gasteiger partial charge in [0.05, 0.1) is 0 Å². The summed E-state index contributed by atoms with van der Waals surface area (Å²) in [7, 11) is 2.02. The lowest BCUT2D eigenvalue weighted by molar-refractivity contribution is 0.320. The predicted molar refractivity (Wildman–Crippen MR) is 73.5 cm³/mol. The maximum absolute atomic E-state index is 5.75. The number of aromatic nitrogens is 3. The molecular weight excluding hydrogens is 224 g/mol. The molecular formula is C14H26N4. The third-order valence-electron chi connectivity index (χ3n) is 4.01. The van der Waals surface area contributed by atoms with Crippen molar-refractivity contribution in [2.75, 3.05) is 6.54 Å². The minimum atomic E-state index is 0.0322. The van der Waals surface area contributed by atoms with Crippen molar-refractivity contribution in [3.63, 3.8) is 0 Å². The van der Waals surface area contributed by atoms with Crippen molar-refractivity contribution >= 4 is 0 Å². The Hall–Kier alpha value is -0.900. The van der Waals surface area contributed by atoms with Crippen LogP contribution in [0.2, 0.25) is 0 Å². The highest BCUT2D eigenvalue weighted by atomic mass is 15.3. The zero-order valence-electron chi connectivity index (χ0n) is 12.1. The molecule has 0 aromatic carbocycles. The molecule has 1 saturated carbocycles. The monoisotopic (exact) mass is 250 g/mol. The number of rotatable bonds is 2. The van der Waals surface area contributed by atoms with Crippen LogP contribution in [0, 0.1) is 5.92 Å². The van der Waals surface area contributed by atoms with Crippen LogP contribution in [0.5, 0.6) is 0 Å². The van der Waals surface area contributed by atoms with Gasteiger partial charge in [0.25, 0.3) is 0 Å². The van der Waals surface area contributed by atoms with E-state index in [1.807, 2.05) is 11.7 Å². The van der Waals surface area contributed by atoms with Gasteiger partial charge < -0.3 is 5.73 Å². The summed E-state index contributed by atoms with van der Waals surface area (Å²) in [6.45, 7) is 7.32. The number of aryl methyl sites for hydroxylation is 1. The van der Waals surface area contributed by atoms with E-state index in [9.17, 15) is 0 Å². The molecule has 0 aliphatic heterocycles. The molecule has 0 bridgehead atoms. The van der Waals surface area contributed by atoms with Crippen molar-refractivity contribution in [2.24, 2.45) is 18.7 Å². The molecule has 1 fully saturated rings.